The number of carbonyl (C=O) groups excluding carboxylic acids is 1. The van der Waals surface area contributed by atoms with Gasteiger partial charge in [-0.2, -0.15) is 0 Å². The van der Waals surface area contributed by atoms with Gasteiger partial charge in [0.2, 0.25) is 0 Å². The van der Waals surface area contributed by atoms with Gasteiger partial charge < -0.3 is 9.84 Å². The van der Waals surface area contributed by atoms with Crippen molar-refractivity contribution in [3.63, 3.8) is 0 Å². The summed E-state index contributed by atoms with van der Waals surface area (Å²) in [7, 11) is 0. The zero-order chi connectivity index (χ0) is 16.5. The molecule has 0 aromatic heterocycles. The lowest BCUT2D eigenvalue weighted by molar-refractivity contribution is -0.158. The van der Waals surface area contributed by atoms with Gasteiger partial charge in [0.15, 0.2) is 0 Å². The molecule has 0 spiro atoms. The van der Waals surface area contributed by atoms with Crippen molar-refractivity contribution in [1.82, 2.24) is 4.90 Å². The molecule has 0 aromatic carbocycles. The molecule has 0 aliphatic heterocycles. The van der Waals surface area contributed by atoms with Gasteiger partial charge in [-0.25, -0.2) is 9.59 Å². The number of nitrogens with zero attached hydrogens (tertiary/aromatic N) is 1. The largest absolute Gasteiger partial charge is 0.479 e. The lowest BCUT2D eigenvalue weighted by Crippen LogP contribution is -2.63. The van der Waals surface area contributed by atoms with Crippen LogP contribution >= 0.6 is 0 Å². The Bertz CT molecular complexity index is 411. The molecule has 1 rings (SSSR count). The fraction of sp³-hybridized carbons (Fsp3) is 0.875. The minimum Gasteiger partial charge on any atom is -0.479 e. The minimum absolute atomic E-state index is 0.393. The van der Waals surface area contributed by atoms with Crippen LogP contribution in [0, 0.1) is 5.41 Å². The molecule has 1 atom stereocenters. The SMILES string of the molecule is CCCN(C(=O)OC(C)(C)C)C1(C(=O)O)CCCC1(C)C. The van der Waals surface area contributed by atoms with Crippen LogP contribution in [0.1, 0.15) is 67.2 Å². The van der Waals surface area contributed by atoms with E-state index in [0.29, 0.717) is 19.4 Å². The normalized spacial score (nSPS) is 24.7. The van der Waals surface area contributed by atoms with Crippen LogP contribution in [-0.2, 0) is 9.53 Å². The van der Waals surface area contributed by atoms with Gasteiger partial charge in [-0.3, -0.25) is 4.90 Å². The Hall–Kier alpha value is -1.26. The van der Waals surface area contributed by atoms with Gasteiger partial charge >= 0.3 is 12.1 Å². The summed E-state index contributed by atoms with van der Waals surface area (Å²) in [5.41, 5.74) is -2.28. The van der Waals surface area contributed by atoms with Crippen molar-refractivity contribution in [2.24, 2.45) is 5.41 Å². The smallest absolute Gasteiger partial charge is 0.411 e. The number of carboxylic acids is 1. The number of carbonyl (C=O) groups is 2. The van der Waals surface area contributed by atoms with Crippen LogP contribution in [0.4, 0.5) is 4.79 Å². The van der Waals surface area contributed by atoms with Crippen molar-refractivity contribution in [3.05, 3.63) is 0 Å². The molecule has 5 heteroatoms. The van der Waals surface area contributed by atoms with E-state index in [9.17, 15) is 14.7 Å². The number of carboxylic acid groups (broad SMARTS) is 1. The molecule has 21 heavy (non-hydrogen) atoms. The molecule has 122 valence electrons. The molecule has 0 aromatic rings. The summed E-state index contributed by atoms with van der Waals surface area (Å²) in [5, 5.41) is 9.89. The second kappa shape index (κ2) is 5.85. The second-order valence-corrected chi connectivity index (χ2v) is 7.53. The highest BCUT2D eigenvalue weighted by atomic mass is 16.6. The van der Waals surface area contributed by atoms with Gasteiger partial charge in [0.25, 0.3) is 0 Å². The van der Waals surface area contributed by atoms with Crippen molar-refractivity contribution >= 4 is 12.1 Å². The lowest BCUT2D eigenvalue weighted by atomic mass is 9.73. The van der Waals surface area contributed by atoms with Crippen molar-refractivity contribution in [2.45, 2.75) is 78.4 Å². The van der Waals surface area contributed by atoms with Crippen LogP contribution in [0.25, 0.3) is 0 Å². The van der Waals surface area contributed by atoms with E-state index in [2.05, 4.69) is 0 Å². The first-order valence-electron chi connectivity index (χ1n) is 7.72. The summed E-state index contributed by atoms with van der Waals surface area (Å²) in [5.74, 6) is -0.927. The average Bonchev–Trinajstić information content (AvgIpc) is 2.60. The van der Waals surface area contributed by atoms with Crippen LogP contribution in [0.2, 0.25) is 0 Å². The van der Waals surface area contributed by atoms with Gasteiger partial charge in [-0.1, -0.05) is 20.8 Å². The monoisotopic (exact) mass is 299 g/mol. The Balaban J connectivity index is 3.23. The molecule has 1 aliphatic carbocycles. The number of hydrogen-bond donors (Lipinski definition) is 1. The highest BCUT2D eigenvalue weighted by Gasteiger charge is 2.60. The highest BCUT2D eigenvalue weighted by Crippen LogP contribution is 2.50. The zero-order valence-electron chi connectivity index (χ0n) is 14.2. The summed E-state index contributed by atoms with van der Waals surface area (Å²) < 4.78 is 5.46. The van der Waals surface area contributed by atoms with Crippen LogP contribution in [0.3, 0.4) is 0 Å². The summed E-state index contributed by atoms with van der Waals surface area (Å²) >= 11 is 0. The van der Waals surface area contributed by atoms with Gasteiger partial charge in [0, 0.05) is 6.54 Å². The fourth-order valence-corrected chi connectivity index (χ4v) is 3.32. The number of aliphatic carboxylic acids is 1. The summed E-state index contributed by atoms with van der Waals surface area (Å²) in [6.07, 6.45) is 2.26. The zero-order valence-corrected chi connectivity index (χ0v) is 14.2. The molecule has 1 aliphatic rings. The standard InChI is InChI=1S/C16H29NO4/c1-7-11-17(13(20)21-14(2,3)4)16(12(18)19)10-8-9-15(16,5)6/h7-11H2,1-6H3,(H,18,19). The Kier molecular flexibility index (Phi) is 4.96. The Labute approximate surface area is 127 Å². The van der Waals surface area contributed by atoms with Crippen LogP contribution in [0.15, 0.2) is 0 Å². The molecule has 0 radical (unpaired) electrons. The van der Waals surface area contributed by atoms with E-state index in [1.54, 1.807) is 20.8 Å². The molecule has 5 nitrogen and oxygen atoms in total. The van der Waals surface area contributed by atoms with E-state index < -0.39 is 28.6 Å². The predicted molar refractivity (Wildman–Crippen MR) is 81.2 cm³/mol. The van der Waals surface area contributed by atoms with Crippen LogP contribution in [-0.4, -0.2) is 39.8 Å². The number of ether oxygens (including phenoxy) is 1. The van der Waals surface area contributed by atoms with Gasteiger partial charge in [-0.05, 0) is 51.9 Å². The topological polar surface area (TPSA) is 66.8 Å². The third-order valence-corrected chi connectivity index (χ3v) is 4.34. The second-order valence-electron chi connectivity index (χ2n) is 7.53. The van der Waals surface area contributed by atoms with Gasteiger partial charge in [-0.15, -0.1) is 0 Å². The van der Waals surface area contributed by atoms with Crippen molar-refractivity contribution < 1.29 is 19.4 Å². The van der Waals surface area contributed by atoms with Crippen molar-refractivity contribution in [1.29, 1.82) is 0 Å². The van der Waals surface area contributed by atoms with E-state index in [4.69, 9.17) is 4.74 Å². The summed E-state index contributed by atoms with van der Waals surface area (Å²) in [4.78, 5) is 26.1. The van der Waals surface area contributed by atoms with Crippen LogP contribution < -0.4 is 0 Å². The van der Waals surface area contributed by atoms with Crippen molar-refractivity contribution in [2.75, 3.05) is 6.54 Å². The van der Waals surface area contributed by atoms with E-state index >= 15 is 0 Å². The summed E-state index contributed by atoms with van der Waals surface area (Å²) in [6, 6.07) is 0. The Morgan fingerprint density at radius 1 is 1.24 bits per heavy atom. The highest BCUT2D eigenvalue weighted by molar-refractivity contribution is 5.86. The minimum atomic E-state index is -1.18. The van der Waals surface area contributed by atoms with Gasteiger partial charge in [0.05, 0.1) is 0 Å². The molecule has 0 heterocycles. The molecule has 1 saturated carbocycles. The molecular formula is C16H29NO4. The quantitative estimate of drug-likeness (QED) is 0.860. The Morgan fingerprint density at radius 3 is 2.14 bits per heavy atom. The maximum atomic E-state index is 12.6. The molecular weight excluding hydrogens is 270 g/mol. The summed E-state index contributed by atoms with van der Waals surface area (Å²) in [6.45, 7) is 11.6. The van der Waals surface area contributed by atoms with E-state index in [1.165, 1.54) is 4.90 Å². The molecule has 0 bridgehead atoms. The molecule has 1 fully saturated rings. The predicted octanol–water partition coefficient (Wildman–Crippen LogP) is 3.67. The number of amides is 1. The lowest BCUT2D eigenvalue weighted by Gasteiger charge is -2.46. The first-order chi connectivity index (χ1) is 9.48. The molecule has 0 saturated heterocycles. The van der Waals surface area contributed by atoms with Gasteiger partial charge in [0.1, 0.15) is 11.1 Å². The third-order valence-electron chi connectivity index (χ3n) is 4.34. The fourth-order valence-electron chi connectivity index (χ4n) is 3.32. The van der Waals surface area contributed by atoms with Crippen molar-refractivity contribution in [3.8, 4) is 0 Å². The molecule has 1 N–H and O–H groups in total. The number of rotatable bonds is 4. The molecule has 1 amide bonds. The average molecular weight is 299 g/mol. The maximum Gasteiger partial charge on any atom is 0.411 e. The van der Waals surface area contributed by atoms with E-state index in [0.717, 1.165) is 12.8 Å². The number of hydrogen-bond acceptors (Lipinski definition) is 3. The van der Waals surface area contributed by atoms with E-state index in [-0.39, 0.29) is 0 Å². The maximum absolute atomic E-state index is 12.6. The van der Waals surface area contributed by atoms with E-state index in [1.807, 2.05) is 20.8 Å². The first kappa shape index (κ1) is 17.8. The third kappa shape index (κ3) is 3.33. The first-order valence-corrected chi connectivity index (χ1v) is 7.72. The van der Waals surface area contributed by atoms with Crippen LogP contribution in [0.5, 0.6) is 0 Å². The molecule has 1 unspecified atom stereocenters. The Morgan fingerprint density at radius 2 is 1.81 bits per heavy atom.